The predicted octanol–water partition coefficient (Wildman–Crippen LogP) is 5.66. The Morgan fingerprint density at radius 3 is 2.33 bits per heavy atom. The second-order valence-electron chi connectivity index (χ2n) is 8.78. The number of anilines is 2. The average molecular weight is 445 g/mol. The molecule has 1 aliphatic heterocycles. The largest absolute Gasteiger partial charge is 0.483 e. The number of hydrogen-bond acceptors (Lipinski definition) is 5. The third-order valence-electron chi connectivity index (χ3n) is 5.94. The zero-order valence-corrected chi connectivity index (χ0v) is 19.5. The summed E-state index contributed by atoms with van der Waals surface area (Å²) < 4.78 is 5.76. The fourth-order valence-corrected chi connectivity index (χ4v) is 4.10. The molecule has 1 saturated heterocycles. The SMILES string of the molecule is CC(C)c1ccccc1OCC(=O)Nc1ccc(-c2ccc(N3CCCCCC3)nn2)cc1. The predicted molar refractivity (Wildman–Crippen MR) is 133 cm³/mol. The van der Waals surface area contributed by atoms with Gasteiger partial charge in [0.05, 0.1) is 5.69 Å². The number of amides is 1. The second-order valence-corrected chi connectivity index (χ2v) is 8.78. The minimum atomic E-state index is -0.192. The number of carbonyl (C=O) groups is 1. The van der Waals surface area contributed by atoms with Gasteiger partial charge in [-0.1, -0.05) is 57.0 Å². The summed E-state index contributed by atoms with van der Waals surface area (Å²) in [6.45, 7) is 6.28. The van der Waals surface area contributed by atoms with E-state index in [2.05, 4.69) is 40.3 Å². The van der Waals surface area contributed by atoms with E-state index in [-0.39, 0.29) is 12.5 Å². The van der Waals surface area contributed by atoms with Crippen LogP contribution in [-0.4, -0.2) is 35.8 Å². The normalized spacial score (nSPS) is 14.1. The van der Waals surface area contributed by atoms with Gasteiger partial charge >= 0.3 is 0 Å². The number of rotatable bonds is 7. The quantitative estimate of drug-likeness (QED) is 0.509. The first kappa shape index (κ1) is 22.8. The van der Waals surface area contributed by atoms with E-state index in [1.807, 2.05) is 54.6 Å². The van der Waals surface area contributed by atoms with E-state index in [0.29, 0.717) is 5.92 Å². The molecule has 6 nitrogen and oxygen atoms in total. The summed E-state index contributed by atoms with van der Waals surface area (Å²) in [5, 5.41) is 11.8. The maximum absolute atomic E-state index is 12.4. The molecule has 2 aromatic carbocycles. The molecule has 0 unspecified atom stereocenters. The standard InChI is InChI=1S/C27H32N4O2/c1-20(2)23-9-5-6-10-25(23)33-19-27(32)28-22-13-11-21(12-14-22)24-15-16-26(30-29-24)31-17-7-3-4-8-18-31/h5-6,9-16,20H,3-4,7-8,17-19H2,1-2H3,(H,28,32). The van der Waals surface area contributed by atoms with Crippen molar-refractivity contribution in [3.05, 3.63) is 66.2 Å². The van der Waals surface area contributed by atoms with Gasteiger partial charge in [0.2, 0.25) is 0 Å². The van der Waals surface area contributed by atoms with Gasteiger partial charge < -0.3 is 15.0 Å². The smallest absolute Gasteiger partial charge is 0.262 e. The van der Waals surface area contributed by atoms with Crippen molar-refractivity contribution in [3.8, 4) is 17.0 Å². The molecular weight excluding hydrogens is 412 g/mol. The van der Waals surface area contributed by atoms with E-state index in [1.165, 1.54) is 25.7 Å². The van der Waals surface area contributed by atoms with Gasteiger partial charge in [-0.2, -0.15) is 0 Å². The fraction of sp³-hybridized carbons (Fsp3) is 0.370. The third-order valence-corrected chi connectivity index (χ3v) is 5.94. The lowest BCUT2D eigenvalue weighted by atomic mass is 10.0. The lowest BCUT2D eigenvalue weighted by Gasteiger charge is -2.20. The molecule has 0 saturated carbocycles. The van der Waals surface area contributed by atoms with Crippen LogP contribution in [0.25, 0.3) is 11.3 Å². The van der Waals surface area contributed by atoms with E-state index in [0.717, 1.165) is 47.2 Å². The van der Waals surface area contributed by atoms with Crippen LogP contribution in [0.2, 0.25) is 0 Å². The molecule has 0 bridgehead atoms. The molecule has 1 fully saturated rings. The molecule has 0 radical (unpaired) electrons. The highest BCUT2D eigenvalue weighted by Gasteiger charge is 2.12. The van der Waals surface area contributed by atoms with Crippen molar-refractivity contribution in [2.75, 3.05) is 29.9 Å². The second kappa shape index (κ2) is 10.9. The third kappa shape index (κ3) is 6.09. The van der Waals surface area contributed by atoms with E-state index in [4.69, 9.17) is 4.74 Å². The lowest BCUT2D eigenvalue weighted by Crippen LogP contribution is -2.25. The van der Waals surface area contributed by atoms with Gasteiger partial charge in [0, 0.05) is 24.3 Å². The molecule has 1 aliphatic rings. The Morgan fingerprint density at radius 2 is 1.67 bits per heavy atom. The fourth-order valence-electron chi connectivity index (χ4n) is 4.10. The topological polar surface area (TPSA) is 67.3 Å². The Kier molecular flexibility index (Phi) is 7.55. The van der Waals surface area contributed by atoms with Crippen LogP contribution in [0, 0.1) is 0 Å². The van der Waals surface area contributed by atoms with Gasteiger partial charge in [0.25, 0.3) is 5.91 Å². The number of nitrogens with one attached hydrogen (secondary N) is 1. The Balaban J connectivity index is 1.33. The number of carbonyl (C=O) groups excluding carboxylic acids is 1. The van der Waals surface area contributed by atoms with E-state index in [9.17, 15) is 4.79 Å². The summed E-state index contributed by atoms with van der Waals surface area (Å²) in [4.78, 5) is 14.7. The molecule has 2 heterocycles. The highest BCUT2D eigenvalue weighted by atomic mass is 16.5. The van der Waals surface area contributed by atoms with Crippen LogP contribution in [0.3, 0.4) is 0 Å². The molecule has 3 aromatic rings. The molecule has 0 spiro atoms. The summed E-state index contributed by atoms with van der Waals surface area (Å²) in [7, 11) is 0. The highest BCUT2D eigenvalue weighted by molar-refractivity contribution is 5.92. The average Bonchev–Trinajstić information content (AvgIpc) is 3.13. The van der Waals surface area contributed by atoms with E-state index in [1.54, 1.807) is 0 Å². The number of ether oxygens (including phenoxy) is 1. The van der Waals surface area contributed by atoms with Crippen LogP contribution in [-0.2, 0) is 4.79 Å². The number of para-hydroxylation sites is 1. The molecule has 0 aliphatic carbocycles. The summed E-state index contributed by atoms with van der Waals surface area (Å²) >= 11 is 0. The first-order chi connectivity index (χ1) is 16.1. The van der Waals surface area contributed by atoms with Gasteiger partial charge in [-0.15, -0.1) is 10.2 Å². The van der Waals surface area contributed by atoms with Crippen LogP contribution < -0.4 is 15.0 Å². The van der Waals surface area contributed by atoms with Crippen molar-refractivity contribution in [1.29, 1.82) is 0 Å². The van der Waals surface area contributed by atoms with Gasteiger partial charge in [-0.05, 0) is 54.7 Å². The molecule has 1 aromatic heterocycles. The van der Waals surface area contributed by atoms with Crippen LogP contribution in [0.1, 0.15) is 51.0 Å². The number of benzene rings is 2. The van der Waals surface area contributed by atoms with Gasteiger partial charge in [-0.25, -0.2) is 0 Å². The van der Waals surface area contributed by atoms with Crippen molar-refractivity contribution < 1.29 is 9.53 Å². The van der Waals surface area contributed by atoms with Gasteiger partial charge in [0.1, 0.15) is 5.75 Å². The summed E-state index contributed by atoms with van der Waals surface area (Å²) in [5.74, 6) is 1.84. The minimum absolute atomic E-state index is 0.0328. The first-order valence-corrected chi connectivity index (χ1v) is 11.8. The van der Waals surface area contributed by atoms with Crippen molar-refractivity contribution in [3.63, 3.8) is 0 Å². The van der Waals surface area contributed by atoms with Crippen molar-refractivity contribution in [2.45, 2.75) is 45.4 Å². The molecule has 1 N–H and O–H groups in total. The van der Waals surface area contributed by atoms with Crippen LogP contribution >= 0.6 is 0 Å². The molecule has 0 atom stereocenters. The molecule has 172 valence electrons. The number of aromatic nitrogens is 2. The Labute approximate surface area is 196 Å². The maximum atomic E-state index is 12.4. The number of nitrogens with zero attached hydrogens (tertiary/aromatic N) is 3. The molecule has 1 amide bonds. The molecule has 6 heteroatoms. The maximum Gasteiger partial charge on any atom is 0.262 e. The minimum Gasteiger partial charge on any atom is -0.483 e. The van der Waals surface area contributed by atoms with Gasteiger partial charge in [-0.3, -0.25) is 4.79 Å². The van der Waals surface area contributed by atoms with Gasteiger partial charge in [0.15, 0.2) is 12.4 Å². The van der Waals surface area contributed by atoms with Crippen molar-refractivity contribution >= 4 is 17.4 Å². The van der Waals surface area contributed by atoms with E-state index >= 15 is 0 Å². The zero-order chi connectivity index (χ0) is 23.0. The van der Waals surface area contributed by atoms with E-state index < -0.39 is 0 Å². The first-order valence-electron chi connectivity index (χ1n) is 11.8. The summed E-state index contributed by atoms with van der Waals surface area (Å²) in [5.41, 5.74) is 3.60. The monoisotopic (exact) mass is 444 g/mol. The Morgan fingerprint density at radius 1 is 0.939 bits per heavy atom. The summed E-state index contributed by atoms with van der Waals surface area (Å²) in [6.07, 6.45) is 5.02. The Bertz CT molecular complexity index is 1040. The molecule has 4 rings (SSSR count). The Hall–Kier alpha value is -3.41. The van der Waals surface area contributed by atoms with Crippen LogP contribution in [0.4, 0.5) is 11.5 Å². The van der Waals surface area contributed by atoms with Crippen LogP contribution in [0.5, 0.6) is 5.75 Å². The zero-order valence-electron chi connectivity index (χ0n) is 19.5. The molecular formula is C27H32N4O2. The van der Waals surface area contributed by atoms with Crippen LogP contribution in [0.15, 0.2) is 60.7 Å². The number of hydrogen-bond donors (Lipinski definition) is 1. The highest BCUT2D eigenvalue weighted by Crippen LogP contribution is 2.26. The van der Waals surface area contributed by atoms with Crippen molar-refractivity contribution in [2.24, 2.45) is 0 Å². The van der Waals surface area contributed by atoms with Crippen molar-refractivity contribution in [1.82, 2.24) is 10.2 Å². The summed E-state index contributed by atoms with van der Waals surface area (Å²) in [6, 6.07) is 19.5. The lowest BCUT2D eigenvalue weighted by molar-refractivity contribution is -0.118. The molecule has 33 heavy (non-hydrogen) atoms.